The smallest absolute Gasteiger partial charge is 0.227 e. The van der Waals surface area contributed by atoms with Gasteiger partial charge in [-0.15, -0.1) is 0 Å². The summed E-state index contributed by atoms with van der Waals surface area (Å²) in [7, 11) is 0. The average molecular weight is 394 g/mol. The Balaban J connectivity index is 1.31. The zero-order valence-corrected chi connectivity index (χ0v) is 16.2. The van der Waals surface area contributed by atoms with Crippen LogP contribution in [0.1, 0.15) is 19.2 Å². The molecule has 1 aliphatic heterocycles. The van der Waals surface area contributed by atoms with E-state index in [9.17, 15) is 4.79 Å². The molecule has 3 heterocycles. The fourth-order valence-corrected chi connectivity index (χ4v) is 3.13. The van der Waals surface area contributed by atoms with Crippen molar-refractivity contribution in [1.29, 1.82) is 0 Å². The van der Waals surface area contributed by atoms with E-state index >= 15 is 0 Å². The van der Waals surface area contributed by atoms with Crippen LogP contribution in [-0.4, -0.2) is 51.7 Å². The molecule has 150 valence electrons. The number of hydrogen-bond acceptors (Lipinski definition) is 7. The number of fused-ring (bicyclic) bond motifs is 1. The Bertz CT molecular complexity index is 960. The number of rotatable bonds is 7. The maximum atomic E-state index is 12.7. The summed E-state index contributed by atoms with van der Waals surface area (Å²) in [5.74, 6) is 2.29. The summed E-state index contributed by atoms with van der Waals surface area (Å²) in [6.07, 6.45) is 2.12. The molecule has 8 nitrogen and oxygen atoms in total. The van der Waals surface area contributed by atoms with Crippen molar-refractivity contribution in [2.24, 2.45) is 0 Å². The largest absolute Gasteiger partial charge is 0.486 e. The van der Waals surface area contributed by atoms with Gasteiger partial charge in [-0.2, -0.15) is 4.98 Å². The van der Waals surface area contributed by atoms with Crippen LogP contribution >= 0.6 is 0 Å². The van der Waals surface area contributed by atoms with E-state index in [1.165, 1.54) is 0 Å². The Hall–Kier alpha value is -3.42. The number of aryl methyl sites for hydroxylation is 1. The molecule has 0 bridgehead atoms. The monoisotopic (exact) mass is 394 g/mol. The van der Waals surface area contributed by atoms with Crippen molar-refractivity contribution >= 4 is 5.91 Å². The Morgan fingerprint density at radius 3 is 2.79 bits per heavy atom. The first-order valence-electron chi connectivity index (χ1n) is 9.63. The lowest BCUT2D eigenvalue weighted by atomic mass is 10.2. The number of carbonyl (C=O) groups excluding carboxylic acids is 1. The highest BCUT2D eigenvalue weighted by Crippen LogP contribution is 2.31. The highest BCUT2D eigenvalue weighted by atomic mass is 16.6. The number of hydrogen-bond donors (Lipinski definition) is 0. The quantitative estimate of drug-likeness (QED) is 0.608. The molecule has 0 radical (unpaired) electrons. The molecular weight excluding hydrogens is 372 g/mol. The summed E-state index contributed by atoms with van der Waals surface area (Å²) in [4.78, 5) is 22.9. The van der Waals surface area contributed by atoms with Gasteiger partial charge in [-0.25, -0.2) is 0 Å². The van der Waals surface area contributed by atoms with Gasteiger partial charge in [0.05, 0.1) is 6.54 Å². The summed E-state index contributed by atoms with van der Waals surface area (Å²) >= 11 is 0. The molecule has 4 rings (SSSR count). The number of nitrogens with zero attached hydrogens (tertiary/aromatic N) is 4. The maximum absolute atomic E-state index is 12.7. The standard InChI is InChI=1S/C21H22N4O4/c1-2-25(13-15-14-27-17-8-3-4-9-18(17)28-15)20(26)11-10-19-23-21(24-29-19)16-7-5-6-12-22-16/h3-9,12,15H,2,10-11,13-14H2,1H3. The van der Waals surface area contributed by atoms with Crippen LogP contribution in [0.5, 0.6) is 11.5 Å². The van der Waals surface area contributed by atoms with Crippen molar-refractivity contribution in [3.05, 3.63) is 54.6 Å². The van der Waals surface area contributed by atoms with E-state index < -0.39 is 0 Å². The summed E-state index contributed by atoms with van der Waals surface area (Å²) in [6.45, 7) is 3.41. The fraction of sp³-hybridized carbons (Fsp3) is 0.333. The number of likely N-dealkylation sites (N-methyl/N-ethyl adjacent to an activating group) is 1. The molecule has 29 heavy (non-hydrogen) atoms. The molecule has 0 spiro atoms. The molecule has 0 saturated heterocycles. The Kier molecular flexibility index (Phi) is 5.69. The van der Waals surface area contributed by atoms with Crippen molar-refractivity contribution in [3.8, 4) is 23.0 Å². The van der Waals surface area contributed by atoms with Crippen LogP contribution in [0.4, 0.5) is 0 Å². The van der Waals surface area contributed by atoms with Gasteiger partial charge in [-0.3, -0.25) is 9.78 Å². The van der Waals surface area contributed by atoms with Crippen molar-refractivity contribution < 1.29 is 18.8 Å². The Morgan fingerprint density at radius 1 is 1.17 bits per heavy atom. The number of para-hydroxylation sites is 2. The number of aromatic nitrogens is 3. The van der Waals surface area contributed by atoms with Crippen LogP contribution in [0.2, 0.25) is 0 Å². The lowest BCUT2D eigenvalue weighted by Gasteiger charge is -2.30. The zero-order chi connectivity index (χ0) is 20.1. The molecule has 1 aromatic carbocycles. The van der Waals surface area contributed by atoms with Crippen LogP contribution in [0.3, 0.4) is 0 Å². The van der Waals surface area contributed by atoms with Gasteiger partial charge in [-0.1, -0.05) is 23.4 Å². The van der Waals surface area contributed by atoms with Gasteiger partial charge in [0.25, 0.3) is 0 Å². The molecular formula is C21H22N4O4. The summed E-state index contributed by atoms with van der Waals surface area (Å²) in [6, 6.07) is 13.0. The van der Waals surface area contributed by atoms with Crippen LogP contribution in [-0.2, 0) is 11.2 Å². The number of ether oxygens (including phenoxy) is 2. The van der Waals surface area contributed by atoms with Gasteiger partial charge in [-0.05, 0) is 31.2 Å². The predicted octanol–water partition coefficient (Wildman–Crippen LogP) is 2.75. The second-order valence-corrected chi connectivity index (χ2v) is 6.66. The van der Waals surface area contributed by atoms with Gasteiger partial charge in [0.15, 0.2) is 17.6 Å². The minimum absolute atomic E-state index is 0.00699. The molecule has 0 N–H and O–H groups in total. The molecule has 1 unspecified atom stereocenters. The van der Waals surface area contributed by atoms with Crippen molar-refractivity contribution in [1.82, 2.24) is 20.0 Å². The minimum Gasteiger partial charge on any atom is -0.486 e. The summed E-state index contributed by atoms with van der Waals surface area (Å²) in [5.41, 5.74) is 0.638. The lowest BCUT2D eigenvalue weighted by Crippen LogP contribution is -2.43. The molecule has 1 atom stereocenters. The number of carbonyl (C=O) groups is 1. The third-order valence-corrected chi connectivity index (χ3v) is 4.64. The molecule has 0 aliphatic carbocycles. The van der Waals surface area contributed by atoms with E-state index in [1.807, 2.05) is 49.4 Å². The van der Waals surface area contributed by atoms with Crippen LogP contribution in [0, 0.1) is 0 Å². The lowest BCUT2D eigenvalue weighted by molar-refractivity contribution is -0.132. The molecule has 8 heteroatoms. The minimum atomic E-state index is -0.201. The highest BCUT2D eigenvalue weighted by Gasteiger charge is 2.25. The summed E-state index contributed by atoms with van der Waals surface area (Å²) < 4.78 is 17.0. The second kappa shape index (κ2) is 8.72. The maximum Gasteiger partial charge on any atom is 0.227 e. The summed E-state index contributed by atoms with van der Waals surface area (Å²) in [5, 5.41) is 3.93. The molecule has 1 aliphatic rings. The van der Waals surface area contributed by atoms with Gasteiger partial charge < -0.3 is 18.9 Å². The van der Waals surface area contributed by atoms with E-state index in [4.69, 9.17) is 14.0 Å². The topological polar surface area (TPSA) is 90.6 Å². The Labute approximate surface area is 168 Å². The van der Waals surface area contributed by atoms with E-state index in [0.29, 0.717) is 49.3 Å². The van der Waals surface area contributed by atoms with Crippen molar-refractivity contribution in [3.63, 3.8) is 0 Å². The van der Waals surface area contributed by atoms with Crippen LogP contribution in [0.25, 0.3) is 11.5 Å². The SMILES string of the molecule is CCN(CC1COc2ccccc2O1)C(=O)CCc1nc(-c2ccccn2)no1. The first-order valence-corrected chi connectivity index (χ1v) is 9.63. The van der Waals surface area contributed by atoms with Gasteiger partial charge in [0, 0.05) is 25.6 Å². The second-order valence-electron chi connectivity index (χ2n) is 6.66. The number of benzene rings is 1. The average Bonchev–Trinajstić information content (AvgIpc) is 3.25. The third kappa shape index (κ3) is 4.53. The zero-order valence-electron chi connectivity index (χ0n) is 16.2. The molecule has 2 aromatic heterocycles. The predicted molar refractivity (Wildman–Crippen MR) is 104 cm³/mol. The Morgan fingerprint density at radius 2 is 2.00 bits per heavy atom. The molecule has 3 aromatic rings. The van der Waals surface area contributed by atoms with E-state index in [2.05, 4.69) is 15.1 Å². The van der Waals surface area contributed by atoms with Gasteiger partial charge >= 0.3 is 0 Å². The van der Waals surface area contributed by atoms with E-state index in [1.54, 1.807) is 11.1 Å². The van der Waals surface area contributed by atoms with E-state index in [-0.39, 0.29) is 18.4 Å². The first-order chi connectivity index (χ1) is 14.2. The van der Waals surface area contributed by atoms with Crippen molar-refractivity contribution in [2.45, 2.75) is 25.9 Å². The van der Waals surface area contributed by atoms with Gasteiger partial charge in [0.2, 0.25) is 17.6 Å². The highest BCUT2D eigenvalue weighted by molar-refractivity contribution is 5.76. The van der Waals surface area contributed by atoms with Crippen LogP contribution < -0.4 is 9.47 Å². The number of pyridine rings is 1. The van der Waals surface area contributed by atoms with Crippen LogP contribution in [0.15, 0.2) is 53.2 Å². The first kappa shape index (κ1) is 18.9. The van der Waals surface area contributed by atoms with E-state index in [0.717, 1.165) is 5.75 Å². The van der Waals surface area contributed by atoms with Crippen molar-refractivity contribution in [2.75, 3.05) is 19.7 Å². The third-order valence-electron chi connectivity index (χ3n) is 4.64. The normalized spacial score (nSPS) is 15.1. The fourth-order valence-electron chi connectivity index (χ4n) is 3.13. The van der Waals surface area contributed by atoms with Gasteiger partial charge in [0.1, 0.15) is 12.3 Å². The molecule has 1 amide bonds. The molecule has 0 saturated carbocycles. The number of amides is 1. The molecule has 0 fully saturated rings.